The Morgan fingerprint density at radius 3 is 2.60 bits per heavy atom. The quantitative estimate of drug-likeness (QED) is 0.786. The van der Waals surface area contributed by atoms with E-state index in [2.05, 4.69) is 11.8 Å². The van der Waals surface area contributed by atoms with Crippen LogP contribution in [0.1, 0.15) is 18.1 Å². The number of benzene rings is 1. The highest BCUT2D eigenvalue weighted by Crippen LogP contribution is 2.20. The molecule has 110 valence electrons. The lowest BCUT2D eigenvalue weighted by molar-refractivity contribution is 0.171. The summed E-state index contributed by atoms with van der Waals surface area (Å²) < 4.78 is 26.0. The van der Waals surface area contributed by atoms with E-state index in [1.54, 1.807) is 12.1 Å². The van der Waals surface area contributed by atoms with Gasteiger partial charge >= 0.3 is 0 Å². The Labute approximate surface area is 119 Å². The van der Waals surface area contributed by atoms with Crippen LogP contribution < -0.4 is 0 Å². The van der Waals surface area contributed by atoms with Gasteiger partial charge in [-0.3, -0.25) is 0 Å². The molecular formula is C14H19NO4S. The second-order valence-corrected chi connectivity index (χ2v) is 6.61. The molecule has 1 aromatic carbocycles. The van der Waals surface area contributed by atoms with Crippen molar-refractivity contribution in [2.24, 2.45) is 0 Å². The predicted molar refractivity (Wildman–Crippen MR) is 76.6 cm³/mol. The van der Waals surface area contributed by atoms with Gasteiger partial charge in [-0.2, -0.15) is 4.31 Å². The summed E-state index contributed by atoms with van der Waals surface area (Å²) in [4.78, 5) is 0.0761. The number of hydrogen-bond acceptors (Lipinski definition) is 4. The van der Waals surface area contributed by atoms with Crippen LogP contribution in [-0.2, 0) is 10.0 Å². The van der Waals surface area contributed by atoms with Crippen molar-refractivity contribution in [3.05, 3.63) is 29.3 Å². The number of aliphatic hydroxyl groups excluding tert-OH is 2. The fourth-order valence-corrected chi connectivity index (χ4v) is 3.11. The lowest BCUT2D eigenvalue weighted by Gasteiger charge is -2.19. The molecule has 5 nitrogen and oxygen atoms in total. The standard InChI is InChI=1S/C14H19NO4S/c1-11-6-7-14(13(9-11)5-4-8-16)20(18,19)15(3)10-12(2)17/h6-7,9,12,16-17H,8,10H2,1-3H3. The lowest BCUT2D eigenvalue weighted by Crippen LogP contribution is -2.33. The largest absolute Gasteiger partial charge is 0.392 e. The highest BCUT2D eigenvalue weighted by molar-refractivity contribution is 7.89. The Morgan fingerprint density at radius 1 is 1.40 bits per heavy atom. The van der Waals surface area contributed by atoms with Crippen LogP contribution in [0.3, 0.4) is 0 Å². The molecule has 0 radical (unpaired) electrons. The maximum Gasteiger partial charge on any atom is 0.244 e. The Bertz CT molecular complexity index is 626. The van der Waals surface area contributed by atoms with E-state index in [0.29, 0.717) is 5.56 Å². The van der Waals surface area contributed by atoms with E-state index in [-0.39, 0.29) is 18.0 Å². The highest BCUT2D eigenvalue weighted by atomic mass is 32.2. The van der Waals surface area contributed by atoms with Crippen molar-refractivity contribution in [1.29, 1.82) is 0 Å². The summed E-state index contributed by atoms with van der Waals surface area (Å²) in [6.07, 6.45) is -0.757. The molecule has 0 aliphatic heterocycles. The number of nitrogens with zero attached hydrogens (tertiary/aromatic N) is 1. The van der Waals surface area contributed by atoms with Crippen LogP contribution in [0.5, 0.6) is 0 Å². The maximum atomic E-state index is 12.4. The van der Waals surface area contributed by atoms with Gasteiger partial charge in [0.15, 0.2) is 0 Å². The van der Waals surface area contributed by atoms with Crippen LogP contribution >= 0.6 is 0 Å². The molecule has 0 aliphatic rings. The van der Waals surface area contributed by atoms with Crippen LogP contribution in [0, 0.1) is 18.8 Å². The summed E-state index contributed by atoms with van der Waals surface area (Å²) in [7, 11) is -2.31. The number of rotatable bonds is 4. The first-order chi connectivity index (χ1) is 9.28. The molecule has 0 fully saturated rings. The Hall–Kier alpha value is -1.39. The van der Waals surface area contributed by atoms with Crippen molar-refractivity contribution in [3.8, 4) is 11.8 Å². The third kappa shape index (κ3) is 4.05. The minimum Gasteiger partial charge on any atom is -0.392 e. The van der Waals surface area contributed by atoms with Crippen LogP contribution in [0.2, 0.25) is 0 Å². The normalized spacial score (nSPS) is 12.9. The topological polar surface area (TPSA) is 77.8 Å². The summed E-state index contributed by atoms with van der Waals surface area (Å²) in [5, 5.41) is 18.1. The predicted octanol–water partition coefficient (Wildman–Crippen LogP) is 0.340. The molecule has 1 unspecified atom stereocenters. The summed E-state index contributed by atoms with van der Waals surface area (Å²) in [6.45, 7) is 3.02. The van der Waals surface area contributed by atoms with Crippen molar-refractivity contribution >= 4 is 10.0 Å². The molecule has 1 aromatic rings. The minimum absolute atomic E-state index is 0.00305. The van der Waals surface area contributed by atoms with E-state index in [4.69, 9.17) is 5.11 Å². The van der Waals surface area contributed by atoms with Gasteiger partial charge in [-0.15, -0.1) is 0 Å². The van der Waals surface area contributed by atoms with Gasteiger partial charge in [-0.25, -0.2) is 8.42 Å². The Kier molecular flexibility index (Phi) is 5.72. The minimum atomic E-state index is -3.72. The molecule has 0 saturated carbocycles. The molecule has 1 rings (SSSR count). The van der Waals surface area contributed by atoms with Crippen LogP contribution in [0.4, 0.5) is 0 Å². The second kappa shape index (κ2) is 6.86. The van der Waals surface area contributed by atoms with Crippen LogP contribution in [0.15, 0.2) is 23.1 Å². The molecule has 1 atom stereocenters. The second-order valence-electron chi connectivity index (χ2n) is 4.59. The van der Waals surface area contributed by atoms with Gasteiger partial charge in [0, 0.05) is 19.2 Å². The van der Waals surface area contributed by atoms with Gasteiger partial charge in [-0.05, 0) is 31.5 Å². The van der Waals surface area contributed by atoms with Gasteiger partial charge in [0.05, 0.1) is 11.0 Å². The van der Waals surface area contributed by atoms with E-state index in [1.165, 1.54) is 20.0 Å². The number of sulfonamides is 1. The van der Waals surface area contributed by atoms with Gasteiger partial charge in [0.2, 0.25) is 10.0 Å². The fourth-order valence-electron chi connectivity index (χ4n) is 1.74. The first-order valence-corrected chi connectivity index (χ1v) is 7.58. The summed E-state index contributed by atoms with van der Waals surface area (Å²) in [5.41, 5.74) is 1.22. The van der Waals surface area contributed by atoms with E-state index >= 15 is 0 Å². The molecular weight excluding hydrogens is 278 g/mol. The molecule has 2 N–H and O–H groups in total. The van der Waals surface area contributed by atoms with Gasteiger partial charge in [-0.1, -0.05) is 17.9 Å². The van der Waals surface area contributed by atoms with Crippen molar-refractivity contribution in [2.45, 2.75) is 24.8 Å². The first-order valence-electron chi connectivity index (χ1n) is 6.14. The number of likely N-dealkylation sites (N-methyl/N-ethyl adjacent to an activating group) is 1. The van der Waals surface area contributed by atoms with Gasteiger partial charge < -0.3 is 10.2 Å². The van der Waals surface area contributed by atoms with Gasteiger partial charge in [0.25, 0.3) is 0 Å². The monoisotopic (exact) mass is 297 g/mol. The summed E-state index contributed by atoms with van der Waals surface area (Å²) in [6, 6.07) is 4.84. The van der Waals surface area contributed by atoms with Crippen LogP contribution in [-0.4, -0.2) is 49.2 Å². The summed E-state index contributed by atoms with van der Waals surface area (Å²) in [5.74, 6) is 5.11. The van der Waals surface area contributed by atoms with E-state index in [9.17, 15) is 13.5 Å². The first kappa shape index (κ1) is 16.7. The smallest absolute Gasteiger partial charge is 0.244 e. The van der Waals surface area contributed by atoms with Crippen molar-refractivity contribution in [3.63, 3.8) is 0 Å². The zero-order valence-corrected chi connectivity index (χ0v) is 12.6. The molecule has 0 heterocycles. The Balaban J connectivity index is 3.31. The van der Waals surface area contributed by atoms with Crippen molar-refractivity contribution in [2.75, 3.05) is 20.2 Å². The number of aryl methyl sites for hydroxylation is 1. The average molecular weight is 297 g/mol. The Morgan fingerprint density at radius 2 is 2.05 bits per heavy atom. The molecule has 0 aromatic heterocycles. The zero-order valence-electron chi connectivity index (χ0n) is 11.8. The van der Waals surface area contributed by atoms with E-state index in [0.717, 1.165) is 9.87 Å². The third-order valence-electron chi connectivity index (χ3n) is 2.65. The third-order valence-corrected chi connectivity index (χ3v) is 4.53. The van der Waals surface area contributed by atoms with E-state index < -0.39 is 16.1 Å². The fraction of sp³-hybridized carbons (Fsp3) is 0.429. The maximum absolute atomic E-state index is 12.4. The highest BCUT2D eigenvalue weighted by Gasteiger charge is 2.24. The molecule has 0 aliphatic carbocycles. The van der Waals surface area contributed by atoms with Crippen LogP contribution in [0.25, 0.3) is 0 Å². The van der Waals surface area contributed by atoms with Gasteiger partial charge in [0.1, 0.15) is 6.61 Å². The molecule has 0 amide bonds. The molecule has 0 bridgehead atoms. The van der Waals surface area contributed by atoms with Crippen molar-refractivity contribution in [1.82, 2.24) is 4.31 Å². The number of hydrogen-bond donors (Lipinski definition) is 2. The van der Waals surface area contributed by atoms with Crippen molar-refractivity contribution < 1.29 is 18.6 Å². The van der Waals surface area contributed by atoms with E-state index in [1.807, 2.05) is 6.92 Å². The molecule has 20 heavy (non-hydrogen) atoms. The average Bonchev–Trinajstić information content (AvgIpc) is 2.35. The molecule has 0 saturated heterocycles. The molecule has 6 heteroatoms. The lowest BCUT2D eigenvalue weighted by atomic mass is 10.1. The molecule has 0 spiro atoms. The number of aliphatic hydroxyl groups is 2. The summed E-state index contributed by atoms with van der Waals surface area (Å²) >= 11 is 0. The zero-order chi connectivity index (χ0) is 15.3. The SMILES string of the molecule is Cc1ccc(S(=O)(=O)N(C)CC(C)O)c(C#CCO)c1.